The number of hydrogen-bond acceptors (Lipinski definition) is 7. The first kappa shape index (κ1) is 13.8. The van der Waals surface area contributed by atoms with Gasteiger partial charge in [0.15, 0.2) is 0 Å². The standard InChI is InChI=1S/C12H22N6O/c1-12(2,8-19)7-14-10-15-9(13)16-11(17-10)18-5-3-4-6-18/h19H,3-8H2,1-2H3,(H3,13,14,15,16,17). The quantitative estimate of drug-likeness (QED) is 0.712. The van der Waals surface area contributed by atoms with Gasteiger partial charge in [0.1, 0.15) is 0 Å². The molecule has 4 N–H and O–H groups in total. The number of nitrogen functional groups attached to an aromatic ring is 1. The van der Waals surface area contributed by atoms with Crippen molar-refractivity contribution in [1.82, 2.24) is 15.0 Å². The molecule has 0 aliphatic carbocycles. The lowest BCUT2D eigenvalue weighted by molar-refractivity contribution is 0.170. The van der Waals surface area contributed by atoms with Crippen LogP contribution >= 0.6 is 0 Å². The summed E-state index contributed by atoms with van der Waals surface area (Å²) in [5, 5.41) is 12.3. The Kier molecular flexibility index (Phi) is 4.04. The molecule has 0 radical (unpaired) electrons. The molecule has 7 heteroatoms. The fraction of sp³-hybridized carbons (Fsp3) is 0.750. The Morgan fingerprint density at radius 1 is 1.26 bits per heavy atom. The van der Waals surface area contributed by atoms with Crippen LogP contribution in [0.25, 0.3) is 0 Å². The Balaban J connectivity index is 2.08. The summed E-state index contributed by atoms with van der Waals surface area (Å²) in [6.45, 7) is 6.53. The lowest BCUT2D eigenvalue weighted by Gasteiger charge is -2.22. The minimum atomic E-state index is -0.227. The van der Waals surface area contributed by atoms with Gasteiger partial charge in [-0.2, -0.15) is 15.0 Å². The molecule has 0 aromatic carbocycles. The molecule has 0 unspecified atom stereocenters. The maximum absolute atomic E-state index is 9.23. The van der Waals surface area contributed by atoms with E-state index in [1.807, 2.05) is 13.8 Å². The second kappa shape index (κ2) is 5.56. The highest BCUT2D eigenvalue weighted by Gasteiger charge is 2.19. The van der Waals surface area contributed by atoms with Crippen molar-refractivity contribution in [2.75, 3.05) is 42.2 Å². The summed E-state index contributed by atoms with van der Waals surface area (Å²) in [5.74, 6) is 1.33. The molecule has 1 aromatic heterocycles. The van der Waals surface area contributed by atoms with Crippen molar-refractivity contribution in [3.05, 3.63) is 0 Å². The summed E-state index contributed by atoms with van der Waals surface area (Å²) in [7, 11) is 0. The van der Waals surface area contributed by atoms with Gasteiger partial charge in [-0.05, 0) is 12.8 Å². The molecule has 0 saturated carbocycles. The maximum atomic E-state index is 9.23. The van der Waals surface area contributed by atoms with Gasteiger partial charge in [-0.1, -0.05) is 13.8 Å². The van der Waals surface area contributed by atoms with E-state index in [0.29, 0.717) is 18.4 Å². The predicted octanol–water partition coefficient (Wildman–Crippen LogP) is 0.484. The maximum Gasteiger partial charge on any atom is 0.231 e. The third-order valence-electron chi connectivity index (χ3n) is 3.18. The van der Waals surface area contributed by atoms with Gasteiger partial charge in [0.2, 0.25) is 17.8 Å². The molecule has 1 aliphatic rings. The molecule has 0 amide bonds. The zero-order chi connectivity index (χ0) is 13.9. The van der Waals surface area contributed by atoms with Crippen molar-refractivity contribution in [2.45, 2.75) is 26.7 Å². The average Bonchev–Trinajstić information content (AvgIpc) is 2.90. The molecule has 0 spiro atoms. The lowest BCUT2D eigenvalue weighted by atomic mass is 9.95. The molecule has 7 nitrogen and oxygen atoms in total. The fourth-order valence-corrected chi connectivity index (χ4v) is 1.89. The largest absolute Gasteiger partial charge is 0.396 e. The van der Waals surface area contributed by atoms with Crippen LogP contribution in [0.5, 0.6) is 0 Å². The van der Waals surface area contributed by atoms with Gasteiger partial charge in [-0.15, -0.1) is 0 Å². The number of nitrogens with two attached hydrogens (primary N) is 1. The van der Waals surface area contributed by atoms with Crippen molar-refractivity contribution in [3.8, 4) is 0 Å². The van der Waals surface area contributed by atoms with Crippen LogP contribution in [0.1, 0.15) is 26.7 Å². The van der Waals surface area contributed by atoms with E-state index in [2.05, 4.69) is 25.2 Å². The van der Waals surface area contributed by atoms with Gasteiger partial charge in [0, 0.05) is 31.7 Å². The van der Waals surface area contributed by atoms with Crippen molar-refractivity contribution in [1.29, 1.82) is 0 Å². The SMILES string of the molecule is CC(C)(CO)CNc1nc(N)nc(N2CCCC2)n1. The van der Waals surface area contributed by atoms with Crippen LogP contribution < -0.4 is 16.0 Å². The first-order chi connectivity index (χ1) is 9.00. The van der Waals surface area contributed by atoms with E-state index in [-0.39, 0.29) is 18.0 Å². The van der Waals surface area contributed by atoms with Gasteiger partial charge in [0.25, 0.3) is 0 Å². The van der Waals surface area contributed by atoms with Gasteiger partial charge in [-0.3, -0.25) is 0 Å². The molecule has 106 valence electrons. The minimum Gasteiger partial charge on any atom is -0.396 e. The van der Waals surface area contributed by atoms with Gasteiger partial charge in [0.05, 0.1) is 0 Å². The summed E-state index contributed by atoms with van der Waals surface area (Å²) < 4.78 is 0. The van der Waals surface area contributed by atoms with Crippen molar-refractivity contribution in [3.63, 3.8) is 0 Å². The van der Waals surface area contributed by atoms with Crippen LogP contribution in [0, 0.1) is 5.41 Å². The molecule has 2 rings (SSSR count). The Hall–Kier alpha value is -1.63. The third-order valence-corrected chi connectivity index (χ3v) is 3.18. The number of aliphatic hydroxyl groups excluding tert-OH is 1. The van der Waals surface area contributed by atoms with Crippen molar-refractivity contribution < 1.29 is 5.11 Å². The highest BCUT2D eigenvalue weighted by atomic mass is 16.3. The Labute approximate surface area is 113 Å². The first-order valence-electron chi connectivity index (χ1n) is 6.61. The molecule has 1 aliphatic heterocycles. The van der Waals surface area contributed by atoms with E-state index >= 15 is 0 Å². The van der Waals surface area contributed by atoms with E-state index in [1.165, 1.54) is 0 Å². The van der Waals surface area contributed by atoms with E-state index in [0.717, 1.165) is 25.9 Å². The minimum absolute atomic E-state index is 0.0968. The zero-order valence-electron chi connectivity index (χ0n) is 11.6. The number of rotatable bonds is 5. The third kappa shape index (κ3) is 3.66. The molecular weight excluding hydrogens is 244 g/mol. The van der Waals surface area contributed by atoms with Crippen molar-refractivity contribution >= 4 is 17.8 Å². The molecule has 1 fully saturated rings. The van der Waals surface area contributed by atoms with Gasteiger partial charge in [-0.25, -0.2) is 0 Å². The van der Waals surface area contributed by atoms with E-state index in [9.17, 15) is 5.11 Å². The summed E-state index contributed by atoms with van der Waals surface area (Å²) in [4.78, 5) is 14.7. The van der Waals surface area contributed by atoms with Crippen LogP contribution in [0.2, 0.25) is 0 Å². The number of anilines is 3. The molecular formula is C12H22N6O. The van der Waals surface area contributed by atoms with Crippen LogP contribution in [0.4, 0.5) is 17.8 Å². The molecule has 1 aromatic rings. The second-order valence-electron chi connectivity index (χ2n) is 5.69. The van der Waals surface area contributed by atoms with Crippen LogP contribution in [-0.4, -0.2) is 46.3 Å². The summed E-state index contributed by atoms with van der Waals surface area (Å²) in [6, 6.07) is 0. The molecule has 1 saturated heterocycles. The Morgan fingerprint density at radius 3 is 2.58 bits per heavy atom. The number of aliphatic hydroxyl groups is 1. The second-order valence-corrected chi connectivity index (χ2v) is 5.69. The number of nitrogens with one attached hydrogen (secondary N) is 1. The number of hydrogen-bond donors (Lipinski definition) is 3. The molecule has 19 heavy (non-hydrogen) atoms. The molecule has 0 atom stereocenters. The van der Waals surface area contributed by atoms with Gasteiger partial charge >= 0.3 is 0 Å². The van der Waals surface area contributed by atoms with Crippen LogP contribution in [0.3, 0.4) is 0 Å². The first-order valence-corrected chi connectivity index (χ1v) is 6.61. The Bertz CT molecular complexity index is 430. The van der Waals surface area contributed by atoms with E-state index in [4.69, 9.17) is 5.73 Å². The van der Waals surface area contributed by atoms with Crippen LogP contribution in [0.15, 0.2) is 0 Å². The average molecular weight is 266 g/mol. The predicted molar refractivity (Wildman–Crippen MR) is 75.0 cm³/mol. The Morgan fingerprint density at radius 2 is 1.95 bits per heavy atom. The summed E-state index contributed by atoms with van der Waals surface area (Å²) in [5.41, 5.74) is 5.49. The topological polar surface area (TPSA) is 100 Å². The van der Waals surface area contributed by atoms with E-state index < -0.39 is 0 Å². The van der Waals surface area contributed by atoms with Crippen molar-refractivity contribution in [2.24, 2.45) is 5.41 Å². The van der Waals surface area contributed by atoms with E-state index in [1.54, 1.807) is 0 Å². The smallest absolute Gasteiger partial charge is 0.231 e. The normalized spacial score (nSPS) is 15.8. The fourth-order valence-electron chi connectivity index (χ4n) is 1.89. The highest BCUT2D eigenvalue weighted by Crippen LogP contribution is 2.19. The summed E-state index contributed by atoms with van der Waals surface area (Å²) in [6.07, 6.45) is 2.32. The van der Waals surface area contributed by atoms with Gasteiger partial charge < -0.3 is 21.1 Å². The zero-order valence-corrected chi connectivity index (χ0v) is 11.6. The number of aromatic nitrogens is 3. The summed E-state index contributed by atoms with van der Waals surface area (Å²) >= 11 is 0. The highest BCUT2D eigenvalue weighted by molar-refractivity contribution is 5.42. The molecule has 0 bridgehead atoms. The lowest BCUT2D eigenvalue weighted by Crippen LogP contribution is -2.28. The number of nitrogens with zero attached hydrogens (tertiary/aromatic N) is 4. The monoisotopic (exact) mass is 266 g/mol. The molecule has 2 heterocycles. The van der Waals surface area contributed by atoms with Crippen LogP contribution in [-0.2, 0) is 0 Å².